The SMILES string of the molecule is CC1c2ccc(C3(C)CCCC3)c(O)c2C(=O)C2=C(O)C3(O)C(=O)C(C(N)=O)=C(O)C(N(C)C)C3C(O)C21. The lowest BCUT2D eigenvalue weighted by Gasteiger charge is -2.53. The predicted molar refractivity (Wildman–Crippen MR) is 136 cm³/mol. The topological polar surface area (TPSA) is 182 Å². The first-order valence-corrected chi connectivity index (χ1v) is 12.9. The van der Waals surface area contributed by atoms with Crippen LogP contribution in [0.1, 0.15) is 66.9 Å². The van der Waals surface area contributed by atoms with Crippen molar-refractivity contribution in [3.63, 3.8) is 0 Å². The Kier molecular flexibility index (Phi) is 5.83. The van der Waals surface area contributed by atoms with Gasteiger partial charge in [0, 0.05) is 17.1 Å². The summed E-state index contributed by atoms with van der Waals surface area (Å²) in [7, 11) is 3.01. The molecule has 10 heteroatoms. The quantitative estimate of drug-likeness (QED) is 0.318. The van der Waals surface area contributed by atoms with Gasteiger partial charge >= 0.3 is 0 Å². The van der Waals surface area contributed by atoms with Crippen LogP contribution in [-0.4, -0.2) is 79.7 Å². The molecular weight excluding hydrogens is 492 g/mol. The number of phenols is 1. The number of rotatable bonds is 3. The van der Waals surface area contributed by atoms with Crippen molar-refractivity contribution < 1.29 is 39.9 Å². The highest BCUT2D eigenvalue weighted by Crippen LogP contribution is 2.56. The van der Waals surface area contributed by atoms with E-state index in [1.165, 1.54) is 19.0 Å². The summed E-state index contributed by atoms with van der Waals surface area (Å²) in [5.41, 5.74) is 1.88. The number of likely N-dealkylation sites (N-methyl/N-ethyl adjacent to an activating group) is 1. The number of phenolic OH excluding ortho intramolecular Hbond substituents is 1. The second-order valence-corrected chi connectivity index (χ2v) is 11.7. The highest BCUT2D eigenvalue weighted by molar-refractivity contribution is 6.25. The van der Waals surface area contributed by atoms with Gasteiger partial charge in [-0.25, -0.2) is 0 Å². The molecule has 1 saturated carbocycles. The third kappa shape index (κ3) is 3.14. The summed E-state index contributed by atoms with van der Waals surface area (Å²) in [5, 5.41) is 57.2. The van der Waals surface area contributed by atoms with Crippen molar-refractivity contribution in [3.05, 3.63) is 51.5 Å². The number of ketones is 2. The van der Waals surface area contributed by atoms with Crippen molar-refractivity contribution in [1.29, 1.82) is 0 Å². The highest BCUT2D eigenvalue weighted by atomic mass is 16.4. The maximum atomic E-state index is 14.0. The van der Waals surface area contributed by atoms with Gasteiger partial charge in [0.1, 0.15) is 22.8 Å². The van der Waals surface area contributed by atoms with Gasteiger partial charge in [-0.3, -0.25) is 19.3 Å². The summed E-state index contributed by atoms with van der Waals surface area (Å²) in [6.07, 6.45) is 2.06. The number of fused-ring (bicyclic) bond motifs is 3. The van der Waals surface area contributed by atoms with Crippen LogP contribution in [0.4, 0.5) is 0 Å². The van der Waals surface area contributed by atoms with Crippen LogP contribution in [0.2, 0.25) is 0 Å². The molecule has 0 saturated heterocycles. The number of amides is 1. The number of primary amides is 1. The number of hydrogen-bond acceptors (Lipinski definition) is 9. The first-order valence-electron chi connectivity index (χ1n) is 12.9. The number of nitrogens with zero attached hydrogens (tertiary/aromatic N) is 1. The van der Waals surface area contributed by atoms with E-state index in [4.69, 9.17) is 5.73 Å². The number of carbonyl (C=O) groups is 3. The number of Topliss-reactive ketones (excluding diaryl/α,β-unsaturated/α-hetero) is 2. The van der Waals surface area contributed by atoms with E-state index >= 15 is 0 Å². The Balaban J connectivity index is 1.76. The number of aromatic hydroxyl groups is 1. The van der Waals surface area contributed by atoms with Crippen LogP contribution in [0.5, 0.6) is 5.75 Å². The van der Waals surface area contributed by atoms with Crippen molar-refractivity contribution in [2.24, 2.45) is 17.6 Å². The molecule has 4 aliphatic rings. The summed E-state index contributed by atoms with van der Waals surface area (Å²) < 4.78 is 0. The third-order valence-electron chi connectivity index (χ3n) is 9.49. The van der Waals surface area contributed by atoms with Crippen LogP contribution >= 0.6 is 0 Å². The van der Waals surface area contributed by atoms with E-state index in [2.05, 4.69) is 0 Å². The van der Waals surface area contributed by atoms with E-state index in [0.717, 1.165) is 25.7 Å². The molecule has 38 heavy (non-hydrogen) atoms. The fourth-order valence-corrected chi connectivity index (χ4v) is 7.53. The highest BCUT2D eigenvalue weighted by Gasteiger charge is 2.67. The monoisotopic (exact) mass is 526 g/mol. The minimum absolute atomic E-state index is 0.0314. The Morgan fingerprint density at radius 3 is 2.26 bits per heavy atom. The van der Waals surface area contributed by atoms with Crippen LogP contribution in [0.3, 0.4) is 0 Å². The van der Waals surface area contributed by atoms with Gasteiger partial charge in [0.25, 0.3) is 5.91 Å². The summed E-state index contributed by atoms with van der Waals surface area (Å²) >= 11 is 0. The van der Waals surface area contributed by atoms with E-state index < -0.39 is 75.6 Å². The maximum absolute atomic E-state index is 14.0. The Hall–Kier alpha value is -3.21. The summed E-state index contributed by atoms with van der Waals surface area (Å²) in [5.74, 6) is -8.65. The van der Waals surface area contributed by atoms with E-state index in [9.17, 15) is 39.9 Å². The van der Waals surface area contributed by atoms with Crippen LogP contribution in [-0.2, 0) is 15.0 Å². The number of hydrogen-bond donors (Lipinski definition) is 6. The van der Waals surface area contributed by atoms with Gasteiger partial charge in [-0.05, 0) is 43.8 Å². The van der Waals surface area contributed by atoms with Crippen molar-refractivity contribution in [2.45, 2.75) is 68.6 Å². The van der Waals surface area contributed by atoms with Crippen molar-refractivity contribution in [3.8, 4) is 5.75 Å². The Labute approximate surface area is 220 Å². The molecule has 4 aliphatic carbocycles. The number of aliphatic hydroxyl groups is 4. The molecule has 0 radical (unpaired) electrons. The van der Waals surface area contributed by atoms with Crippen LogP contribution in [0.15, 0.2) is 34.8 Å². The first-order chi connectivity index (χ1) is 17.7. The summed E-state index contributed by atoms with van der Waals surface area (Å²) in [4.78, 5) is 41.0. The molecule has 204 valence electrons. The molecule has 1 amide bonds. The number of carbonyl (C=O) groups excluding carboxylic acids is 3. The second kappa shape index (κ2) is 8.39. The lowest BCUT2D eigenvalue weighted by molar-refractivity contribution is -0.162. The minimum Gasteiger partial charge on any atom is -0.510 e. The smallest absolute Gasteiger partial charge is 0.255 e. The van der Waals surface area contributed by atoms with Crippen LogP contribution < -0.4 is 5.73 Å². The molecule has 7 N–H and O–H groups in total. The normalized spacial score (nSPS) is 34.3. The van der Waals surface area contributed by atoms with Gasteiger partial charge in [0.15, 0.2) is 11.4 Å². The molecule has 0 spiro atoms. The lowest BCUT2D eigenvalue weighted by atomic mass is 9.55. The fourth-order valence-electron chi connectivity index (χ4n) is 7.53. The summed E-state index contributed by atoms with van der Waals surface area (Å²) in [6.45, 7) is 3.76. The molecule has 0 bridgehead atoms. The largest absolute Gasteiger partial charge is 0.510 e. The zero-order valence-corrected chi connectivity index (χ0v) is 21.9. The zero-order valence-electron chi connectivity index (χ0n) is 21.9. The zero-order chi connectivity index (χ0) is 28.1. The van der Waals surface area contributed by atoms with E-state index in [0.29, 0.717) is 11.1 Å². The molecule has 1 aromatic carbocycles. The molecule has 0 aromatic heterocycles. The molecule has 1 fully saturated rings. The van der Waals surface area contributed by atoms with Crippen LogP contribution in [0.25, 0.3) is 0 Å². The molecule has 0 aliphatic heterocycles. The van der Waals surface area contributed by atoms with Gasteiger partial charge in [-0.2, -0.15) is 0 Å². The third-order valence-corrected chi connectivity index (χ3v) is 9.49. The van der Waals surface area contributed by atoms with Crippen molar-refractivity contribution >= 4 is 17.5 Å². The van der Waals surface area contributed by atoms with E-state index in [1.807, 2.05) is 13.0 Å². The average molecular weight is 527 g/mol. The Bertz CT molecular complexity index is 1340. The second-order valence-electron chi connectivity index (χ2n) is 11.7. The van der Waals surface area contributed by atoms with E-state index in [1.54, 1.807) is 13.0 Å². The van der Waals surface area contributed by atoms with Crippen LogP contribution in [0, 0.1) is 11.8 Å². The van der Waals surface area contributed by atoms with Crippen molar-refractivity contribution in [2.75, 3.05) is 14.1 Å². The molecule has 6 unspecified atom stereocenters. The van der Waals surface area contributed by atoms with Gasteiger partial charge in [0.05, 0.1) is 23.6 Å². The number of nitrogens with two attached hydrogens (primary N) is 1. The number of benzene rings is 1. The van der Waals surface area contributed by atoms with E-state index in [-0.39, 0.29) is 16.7 Å². The predicted octanol–water partition coefficient (Wildman–Crippen LogP) is 1.48. The molecule has 5 rings (SSSR count). The molecule has 0 heterocycles. The van der Waals surface area contributed by atoms with Gasteiger partial charge in [0.2, 0.25) is 5.78 Å². The molecule has 1 aromatic rings. The van der Waals surface area contributed by atoms with Crippen molar-refractivity contribution in [1.82, 2.24) is 4.90 Å². The summed E-state index contributed by atoms with van der Waals surface area (Å²) in [6, 6.07) is 2.29. The lowest BCUT2D eigenvalue weighted by Crippen LogP contribution is -2.68. The average Bonchev–Trinajstić information content (AvgIpc) is 3.28. The molecular formula is C28H34N2O8. The first kappa shape index (κ1) is 26.4. The standard InChI is InChI=1S/C28H34N2O8/c1-11-12-7-8-13(27(2)9-5-6-10-27)20(31)15(12)21(32)16-14(11)22(33)18-19(30(3)4)23(34)17(26(29)37)25(36)28(18,38)24(16)35/h7-8,11,14,18-19,22,31,33-35,38H,5-6,9-10H2,1-4H3,(H2,29,37). The van der Waals surface area contributed by atoms with Gasteiger partial charge in [-0.1, -0.05) is 38.8 Å². The molecule has 10 nitrogen and oxygen atoms in total. The Morgan fingerprint density at radius 1 is 1.11 bits per heavy atom. The molecule has 6 atom stereocenters. The number of aliphatic hydroxyl groups excluding tert-OH is 3. The van der Waals surface area contributed by atoms with Gasteiger partial charge < -0.3 is 31.3 Å². The fraction of sp³-hybridized carbons (Fsp3) is 0.536. The minimum atomic E-state index is -2.91. The maximum Gasteiger partial charge on any atom is 0.255 e. The van der Waals surface area contributed by atoms with Gasteiger partial charge in [-0.15, -0.1) is 0 Å². The Morgan fingerprint density at radius 2 is 1.71 bits per heavy atom.